The van der Waals surface area contributed by atoms with Crippen LogP contribution < -0.4 is 0 Å². The molecule has 0 amide bonds. The highest BCUT2D eigenvalue weighted by Gasteiger charge is 2.56. The van der Waals surface area contributed by atoms with Gasteiger partial charge in [0.2, 0.25) is 0 Å². The van der Waals surface area contributed by atoms with E-state index in [4.69, 9.17) is 12.5 Å². The number of hydrogen-bond donors (Lipinski definition) is 0. The number of cyclic esters (lactones) is 1. The molecule has 0 bridgehead atoms. The van der Waals surface area contributed by atoms with Gasteiger partial charge in [0, 0.05) is 20.7 Å². The normalized spacial score (nSPS) is 35.8. The zero-order valence-corrected chi connectivity index (χ0v) is 20.4. The standard InChI is InChI=1S/C25H38B4O2/c1-7-24(5)21-13-10-17(4)19(25(21,6)15-14-22(24)27-8-2)12-11-18-20(16-31-23(18)30)29(9-3)28-26/h11-12,19,21-22H,4,7-10,13-16H2,1-3,5-6H3/b12-11+. The fourth-order valence-electron chi connectivity index (χ4n) is 7.10. The molecule has 31 heavy (non-hydrogen) atoms. The largest absolute Gasteiger partial charge is 0.458 e. The van der Waals surface area contributed by atoms with E-state index in [9.17, 15) is 4.79 Å². The van der Waals surface area contributed by atoms with Crippen molar-refractivity contribution in [2.75, 3.05) is 6.61 Å². The number of ether oxygens (including phenoxy) is 1. The zero-order chi connectivity index (χ0) is 22.8. The molecule has 0 saturated heterocycles. The van der Waals surface area contributed by atoms with E-state index in [2.05, 4.69) is 54.6 Å². The predicted octanol–water partition coefficient (Wildman–Crippen LogP) is 5.46. The fraction of sp³-hybridized carbons (Fsp3) is 0.720. The van der Waals surface area contributed by atoms with E-state index in [1.54, 1.807) is 7.06 Å². The molecule has 2 aliphatic carbocycles. The average Bonchev–Trinajstić information content (AvgIpc) is 3.11. The fourth-order valence-corrected chi connectivity index (χ4v) is 7.10. The van der Waals surface area contributed by atoms with Gasteiger partial charge in [0.25, 0.3) is 0 Å². The van der Waals surface area contributed by atoms with E-state index in [-0.39, 0.29) is 18.0 Å². The number of allylic oxidation sites excluding steroid dienone is 2. The summed E-state index contributed by atoms with van der Waals surface area (Å²) in [4.78, 5) is 12.5. The third-order valence-corrected chi connectivity index (χ3v) is 9.12. The van der Waals surface area contributed by atoms with E-state index in [1.165, 1.54) is 31.3 Å². The van der Waals surface area contributed by atoms with Crippen molar-refractivity contribution in [1.82, 2.24) is 0 Å². The minimum atomic E-state index is -0.214. The lowest BCUT2D eigenvalue weighted by Crippen LogP contribution is -2.52. The van der Waals surface area contributed by atoms with Gasteiger partial charge in [-0.15, -0.1) is 0 Å². The Labute approximate surface area is 194 Å². The first-order valence-electron chi connectivity index (χ1n) is 12.4. The Hall–Kier alpha value is -1.05. The van der Waals surface area contributed by atoms with E-state index in [0.717, 1.165) is 24.5 Å². The zero-order valence-electron chi connectivity index (χ0n) is 20.4. The van der Waals surface area contributed by atoms with E-state index >= 15 is 0 Å². The first kappa shape index (κ1) is 24.6. The van der Waals surface area contributed by atoms with Crippen LogP contribution in [0, 0.1) is 22.7 Å². The molecule has 5 unspecified atom stereocenters. The summed E-state index contributed by atoms with van der Waals surface area (Å²) in [6.45, 7) is 16.7. The number of fused-ring (bicyclic) bond motifs is 1. The second-order valence-electron chi connectivity index (χ2n) is 10.5. The maximum absolute atomic E-state index is 12.5. The molecule has 0 spiro atoms. The van der Waals surface area contributed by atoms with Crippen LogP contribution in [0.3, 0.4) is 0 Å². The van der Waals surface area contributed by atoms with Gasteiger partial charge < -0.3 is 4.74 Å². The van der Waals surface area contributed by atoms with Gasteiger partial charge in [0.05, 0.1) is 5.57 Å². The molecule has 162 valence electrons. The number of carbonyl (C=O) groups is 1. The Bertz CT molecular complexity index is 757. The number of carbonyl (C=O) groups excluding carboxylic acids is 1. The van der Waals surface area contributed by atoms with Gasteiger partial charge in [-0.1, -0.05) is 95.7 Å². The summed E-state index contributed by atoms with van der Waals surface area (Å²) in [6, 6.07) is 0. The van der Waals surface area contributed by atoms with Crippen molar-refractivity contribution in [3.05, 3.63) is 35.3 Å². The topological polar surface area (TPSA) is 26.3 Å². The molecule has 2 saturated carbocycles. The Morgan fingerprint density at radius 1 is 1.29 bits per heavy atom. The van der Waals surface area contributed by atoms with Crippen LogP contribution in [0.1, 0.15) is 66.7 Å². The molecular formula is C25H38B4O2. The molecule has 0 aromatic heterocycles. The van der Waals surface area contributed by atoms with E-state index < -0.39 is 0 Å². The Balaban J connectivity index is 1.95. The third kappa shape index (κ3) is 4.30. The third-order valence-electron chi connectivity index (χ3n) is 9.12. The molecule has 3 aliphatic rings. The van der Waals surface area contributed by atoms with Crippen molar-refractivity contribution in [2.24, 2.45) is 22.7 Å². The summed E-state index contributed by atoms with van der Waals surface area (Å²) in [5, 5.41) is 0. The second kappa shape index (κ2) is 9.84. The summed E-state index contributed by atoms with van der Waals surface area (Å²) in [5.74, 6) is 1.44. The number of rotatable bonds is 8. The lowest BCUT2D eigenvalue weighted by molar-refractivity contribution is -0.135. The maximum Gasteiger partial charge on any atom is 0.337 e. The van der Waals surface area contributed by atoms with Crippen LogP contribution >= 0.6 is 0 Å². The second-order valence-corrected chi connectivity index (χ2v) is 10.5. The number of esters is 1. The molecule has 6 heteroatoms. The van der Waals surface area contributed by atoms with Gasteiger partial charge >= 0.3 is 5.97 Å². The van der Waals surface area contributed by atoms with Crippen molar-refractivity contribution in [1.29, 1.82) is 0 Å². The first-order valence-corrected chi connectivity index (χ1v) is 12.4. The van der Waals surface area contributed by atoms with Gasteiger partial charge in [-0.2, -0.15) is 0 Å². The SMILES string of the molecule is [B][B]B(CC)C1=C(/C=C/C2C(=C)CCC3C(C)(CC)C([B]CC)CCC23C)C(=O)OC1. The molecule has 3 rings (SSSR count). The molecule has 0 aromatic rings. The summed E-state index contributed by atoms with van der Waals surface area (Å²) in [6.07, 6.45) is 12.3. The maximum atomic E-state index is 12.5. The molecule has 1 heterocycles. The summed E-state index contributed by atoms with van der Waals surface area (Å²) < 4.78 is 5.39. The lowest BCUT2D eigenvalue weighted by Gasteiger charge is -2.61. The van der Waals surface area contributed by atoms with Crippen molar-refractivity contribution in [3.8, 4) is 0 Å². The van der Waals surface area contributed by atoms with Gasteiger partial charge in [-0.3, -0.25) is 0 Å². The van der Waals surface area contributed by atoms with Gasteiger partial charge in [-0.25, -0.2) is 4.79 Å². The van der Waals surface area contributed by atoms with Crippen molar-refractivity contribution >= 4 is 34.7 Å². The lowest BCUT2D eigenvalue weighted by atomic mass is 9.10. The summed E-state index contributed by atoms with van der Waals surface area (Å²) >= 11 is 0. The van der Waals surface area contributed by atoms with Crippen LogP contribution in [0.4, 0.5) is 0 Å². The first-order chi connectivity index (χ1) is 14.8. The van der Waals surface area contributed by atoms with Crippen LogP contribution in [0.2, 0.25) is 18.5 Å². The predicted molar refractivity (Wildman–Crippen MR) is 136 cm³/mol. The molecule has 2 nitrogen and oxygen atoms in total. The van der Waals surface area contributed by atoms with Crippen LogP contribution in [-0.4, -0.2) is 41.3 Å². The van der Waals surface area contributed by atoms with E-state index in [1.807, 2.05) is 6.08 Å². The molecular weight excluding hydrogens is 376 g/mol. The van der Waals surface area contributed by atoms with Gasteiger partial charge in [0.1, 0.15) is 20.5 Å². The number of hydrogen-bond acceptors (Lipinski definition) is 2. The Kier molecular flexibility index (Phi) is 7.80. The van der Waals surface area contributed by atoms with Crippen molar-refractivity contribution < 1.29 is 9.53 Å². The average molecular weight is 414 g/mol. The Morgan fingerprint density at radius 3 is 2.65 bits per heavy atom. The smallest absolute Gasteiger partial charge is 0.337 e. The highest BCUT2D eigenvalue weighted by molar-refractivity contribution is 7.33. The summed E-state index contributed by atoms with van der Waals surface area (Å²) in [7, 11) is 10.1. The van der Waals surface area contributed by atoms with Crippen LogP contribution in [0.5, 0.6) is 0 Å². The molecule has 2 fully saturated rings. The molecule has 1 aliphatic heterocycles. The minimum Gasteiger partial charge on any atom is -0.458 e. The molecule has 5 atom stereocenters. The highest BCUT2D eigenvalue weighted by Crippen LogP contribution is 2.65. The van der Waals surface area contributed by atoms with Crippen LogP contribution in [-0.2, 0) is 9.53 Å². The van der Waals surface area contributed by atoms with Crippen LogP contribution in [0.25, 0.3) is 0 Å². The van der Waals surface area contributed by atoms with Crippen LogP contribution in [0.15, 0.2) is 35.3 Å². The summed E-state index contributed by atoms with van der Waals surface area (Å²) in [5.41, 5.74) is 3.56. The monoisotopic (exact) mass is 414 g/mol. The molecule has 0 aromatic carbocycles. The molecule has 0 N–H and O–H groups in total. The van der Waals surface area contributed by atoms with Gasteiger partial charge in [0.15, 0.2) is 0 Å². The highest BCUT2D eigenvalue weighted by atomic mass is 16.5. The van der Waals surface area contributed by atoms with Gasteiger partial charge in [-0.05, 0) is 36.0 Å². The quantitative estimate of drug-likeness (QED) is 0.300. The van der Waals surface area contributed by atoms with Crippen molar-refractivity contribution in [3.63, 3.8) is 0 Å². The van der Waals surface area contributed by atoms with E-state index in [0.29, 0.717) is 35.2 Å². The minimum absolute atomic E-state index is 0.0902. The van der Waals surface area contributed by atoms with Crippen molar-refractivity contribution in [2.45, 2.75) is 85.2 Å². The molecule has 4 radical (unpaired) electrons. The Morgan fingerprint density at radius 2 is 2.03 bits per heavy atom.